The molecule has 0 atom stereocenters. The molecule has 0 saturated heterocycles. The van der Waals surface area contributed by atoms with Crippen LogP contribution in [0.2, 0.25) is 0 Å². The van der Waals surface area contributed by atoms with Gasteiger partial charge in [0, 0.05) is 16.4 Å². The third-order valence-electron chi connectivity index (χ3n) is 2.32. The third-order valence-corrected chi connectivity index (χ3v) is 2.32. The van der Waals surface area contributed by atoms with Gasteiger partial charge in [0.15, 0.2) is 0 Å². The summed E-state index contributed by atoms with van der Waals surface area (Å²) >= 11 is 0. The van der Waals surface area contributed by atoms with E-state index < -0.39 is 54.7 Å². The Morgan fingerprint density at radius 2 is 1.50 bits per heavy atom. The van der Waals surface area contributed by atoms with E-state index in [2.05, 4.69) is 0 Å². The molecule has 1 aromatic carbocycles. The first-order valence-electron chi connectivity index (χ1n) is 9.96. The highest BCUT2D eigenvalue weighted by Gasteiger charge is 2.49. The molecule has 2 nitrogen and oxygen atoms in total. The van der Waals surface area contributed by atoms with Gasteiger partial charge in [0.2, 0.25) is 0 Å². The molecule has 0 unspecified atom stereocenters. The fourth-order valence-electron chi connectivity index (χ4n) is 1.58. The van der Waals surface area contributed by atoms with Crippen molar-refractivity contribution in [2.45, 2.75) is 38.5 Å². The molecule has 0 bridgehead atoms. The van der Waals surface area contributed by atoms with Crippen molar-refractivity contribution in [2.24, 2.45) is 0 Å². The SMILES string of the molecule is [2H]C([2H])([2H])C1(C([2H])([2H])[2H])c2ccccc2C(C([2H])([2H])[2H])(C([2H])([2H])[2H])[15N]1[O]. The van der Waals surface area contributed by atoms with Gasteiger partial charge in [-0.25, -0.2) is 0 Å². The summed E-state index contributed by atoms with van der Waals surface area (Å²) in [4.78, 5) is 0. The third kappa shape index (κ3) is 0.983. The normalized spacial score (nSPS) is 39.8. The maximum absolute atomic E-state index is 13.3. The fourth-order valence-corrected chi connectivity index (χ4v) is 1.58. The van der Waals surface area contributed by atoms with Crippen LogP contribution in [0.5, 0.6) is 0 Å². The Bertz CT molecular complexity index is 611. The second kappa shape index (κ2) is 2.59. The molecule has 0 spiro atoms. The molecular weight excluding hydrogens is 175 g/mol. The Labute approximate surface area is 102 Å². The fraction of sp³-hybridized carbons (Fsp3) is 0.500. The Morgan fingerprint density at radius 3 is 1.86 bits per heavy atom. The zero-order valence-electron chi connectivity index (χ0n) is 19.2. The van der Waals surface area contributed by atoms with Crippen LogP contribution in [-0.4, -0.2) is 5.06 Å². The lowest BCUT2D eigenvalue weighted by molar-refractivity contribution is -0.266. The van der Waals surface area contributed by atoms with Gasteiger partial charge in [-0.05, 0) is 38.5 Å². The summed E-state index contributed by atoms with van der Waals surface area (Å²) in [5.41, 5.74) is -7.94. The lowest BCUT2D eigenvalue weighted by Crippen LogP contribution is -2.41. The van der Waals surface area contributed by atoms with Crippen LogP contribution in [0.25, 0.3) is 0 Å². The number of hydrogen-bond acceptors (Lipinski definition) is 1. The van der Waals surface area contributed by atoms with Crippen LogP contribution in [0.1, 0.15) is 55.0 Å². The van der Waals surface area contributed by atoms with Crippen LogP contribution < -0.4 is 0 Å². The molecule has 0 aromatic heterocycles. The lowest BCUT2D eigenvalue weighted by atomic mass is 9.91. The highest BCUT2D eigenvalue weighted by Crippen LogP contribution is 2.47. The highest BCUT2D eigenvalue weighted by atomic mass is 16.8. The predicted octanol–water partition coefficient (Wildman–Crippen LogP) is 2.82. The van der Waals surface area contributed by atoms with E-state index in [1.807, 2.05) is 0 Å². The molecule has 0 amide bonds. The first-order chi connectivity index (χ1) is 11.4. The van der Waals surface area contributed by atoms with E-state index in [4.69, 9.17) is 16.4 Å². The maximum Gasteiger partial charge on any atom is 0.0699 e. The van der Waals surface area contributed by atoms with Crippen molar-refractivity contribution in [3.8, 4) is 0 Å². The highest BCUT2D eigenvalue weighted by molar-refractivity contribution is 5.42. The average molecular weight is 203 g/mol. The van der Waals surface area contributed by atoms with Crippen LogP contribution in [0.4, 0.5) is 0 Å². The molecule has 14 heavy (non-hydrogen) atoms. The van der Waals surface area contributed by atoms with Gasteiger partial charge in [-0.1, -0.05) is 24.3 Å². The number of benzene rings is 1. The molecule has 0 fully saturated rings. The number of fused-ring (bicyclic) bond motifs is 1. The largest absolute Gasteiger partial charge is 0.135 e. The van der Waals surface area contributed by atoms with Crippen LogP contribution >= 0.6 is 0 Å². The second-order valence-corrected chi connectivity index (χ2v) is 3.26. The molecule has 0 aliphatic carbocycles. The summed E-state index contributed by atoms with van der Waals surface area (Å²) in [7, 11) is 0. The van der Waals surface area contributed by atoms with E-state index in [0.717, 1.165) is 12.1 Å². The standard InChI is InChI=1S/C12H16NO/c1-11(2)9-7-5-6-8-10(9)12(3,4)13(11)14/h5-8H,1-4H3/i1D3,2D3,3D3,4D3,13+1. The number of rotatable bonds is 0. The Kier molecular flexibility index (Phi) is 0.523. The monoisotopic (exact) mass is 203 g/mol. The molecular formula is C12H16NO. The second-order valence-electron chi connectivity index (χ2n) is 3.26. The molecule has 1 heterocycles. The average Bonchev–Trinajstić information content (AvgIpc) is 2.61. The molecule has 0 N–H and O–H groups in total. The molecule has 1 aromatic rings. The van der Waals surface area contributed by atoms with Gasteiger partial charge in [-0.3, -0.25) is 0 Å². The van der Waals surface area contributed by atoms with E-state index in [1.54, 1.807) is 0 Å². The number of hydroxylamine groups is 2. The number of hydrogen-bond donors (Lipinski definition) is 0. The van der Waals surface area contributed by atoms with Gasteiger partial charge in [0.05, 0.1) is 11.1 Å². The summed E-state index contributed by atoms with van der Waals surface area (Å²) in [6.45, 7) is -14.1. The number of nitrogens with zero attached hydrogens (tertiary/aromatic N) is 1. The van der Waals surface area contributed by atoms with Crippen molar-refractivity contribution in [1.82, 2.24) is 5.06 Å². The van der Waals surface area contributed by atoms with Gasteiger partial charge >= 0.3 is 0 Å². The van der Waals surface area contributed by atoms with Gasteiger partial charge in [0.25, 0.3) is 0 Å². The van der Waals surface area contributed by atoms with Crippen LogP contribution in [0, 0.1) is 0 Å². The molecule has 75 valence electrons. The van der Waals surface area contributed by atoms with Crippen LogP contribution in [0.3, 0.4) is 0 Å². The van der Waals surface area contributed by atoms with Crippen LogP contribution in [0.15, 0.2) is 24.3 Å². The molecule has 2 rings (SSSR count). The minimum Gasteiger partial charge on any atom is -0.135 e. The summed E-state index contributed by atoms with van der Waals surface area (Å²) in [6, 6.07) is 4.43. The lowest BCUT2D eigenvalue weighted by Gasteiger charge is -2.32. The zero-order chi connectivity index (χ0) is 20.6. The first-order valence-corrected chi connectivity index (χ1v) is 3.96. The minimum atomic E-state index is -3.53. The van der Waals surface area contributed by atoms with E-state index in [-0.39, 0.29) is 0 Å². The van der Waals surface area contributed by atoms with E-state index in [9.17, 15) is 5.21 Å². The van der Waals surface area contributed by atoms with Gasteiger partial charge in [-0.15, -0.1) is 10.3 Å². The van der Waals surface area contributed by atoms with Crippen molar-refractivity contribution >= 4 is 0 Å². The molecule has 1 radical (unpaired) electrons. The Balaban J connectivity index is 3.14. The van der Waals surface area contributed by atoms with Crippen molar-refractivity contribution < 1.29 is 21.7 Å². The summed E-state index contributed by atoms with van der Waals surface area (Å²) in [5, 5.41) is 12.6. The first kappa shape index (κ1) is 2.83. The summed E-state index contributed by atoms with van der Waals surface area (Å²) in [6.07, 6.45) is 0. The Morgan fingerprint density at radius 1 is 1.07 bits per heavy atom. The molecule has 1 aliphatic rings. The Hall–Kier alpha value is -0.860. The quantitative estimate of drug-likeness (QED) is 0.595. The van der Waals surface area contributed by atoms with Gasteiger partial charge in [0.1, 0.15) is 0 Å². The summed E-state index contributed by atoms with van der Waals surface area (Å²) < 4.78 is 92.9. The molecule has 2 heteroatoms. The summed E-state index contributed by atoms with van der Waals surface area (Å²) in [5.74, 6) is 0. The van der Waals surface area contributed by atoms with Crippen LogP contribution in [-0.2, 0) is 16.3 Å². The van der Waals surface area contributed by atoms with Crippen molar-refractivity contribution in [1.29, 1.82) is 0 Å². The zero-order valence-corrected chi connectivity index (χ0v) is 7.16. The molecule has 0 saturated carbocycles. The van der Waals surface area contributed by atoms with Crippen molar-refractivity contribution in [3.63, 3.8) is 0 Å². The predicted molar refractivity (Wildman–Crippen MR) is 55.0 cm³/mol. The molecule has 1 aliphatic heterocycles. The minimum absolute atomic E-state index is 0.637. The van der Waals surface area contributed by atoms with Crippen molar-refractivity contribution in [2.75, 3.05) is 0 Å². The van der Waals surface area contributed by atoms with E-state index >= 15 is 0 Å². The van der Waals surface area contributed by atoms with Gasteiger partial charge < -0.3 is 0 Å². The smallest absolute Gasteiger partial charge is 0.0699 e. The van der Waals surface area contributed by atoms with E-state index in [0.29, 0.717) is 0 Å². The van der Waals surface area contributed by atoms with Gasteiger partial charge in [-0.2, -0.15) is 0 Å². The topological polar surface area (TPSA) is 23.1 Å². The van der Waals surface area contributed by atoms with Crippen molar-refractivity contribution in [3.05, 3.63) is 35.4 Å². The van der Waals surface area contributed by atoms with E-state index in [1.165, 1.54) is 12.1 Å². The maximum atomic E-state index is 13.3.